The molecule has 0 aliphatic rings. The maximum Gasteiger partial charge on any atom is 0.00840 e. The fourth-order valence-electron chi connectivity index (χ4n) is 1.48. The smallest absolute Gasteiger partial charge is 0.00840 e. The average molecular weight is 179 g/mol. The molecule has 74 valence electrons. The fraction of sp³-hybridized carbons (Fsp3) is 0.500. The minimum Gasteiger partial charge on any atom is -0.402 e. The van der Waals surface area contributed by atoms with Gasteiger partial charge in [-0.1, -0.05) is 32.6 Å². The molecule has 0 aliphatic heterocycles. The molecule has 0 radical (unpaired) electrons. The van der Waals surface area contributed by atoms with Crippen LogP contribution in [0.3, 0.4) is 0 Å². The van der Waals surface area contributed by atoms with Gasteiger partial charge in [-0.15, -0.1) is 6.58 Å². The van der Waals surface area contributed by atoms with Gasteiger partial charge < -0.3 is 5.73 Å². The van der Waals surface area contributed by atoms with Gasteiger partial charge in [-0.25, -0.2) is 0 Å². The van der Waals surface area contributed by atoms with Crippen LogP contribution in [-0.2, 0) is 0 Å². The molecule has 0 spiro atoms. The first-order chi connectivity index (χ1) is 6.04. The Morgan fingerprint density at radius 3 is 2.23 bits per heavy atom. The van der Waals surface area contributed by atoms with E-state index in [9.17, 15) is 0 Å². The van der Waals surface area contributed by atoms with Gasteiger partial charge >= 0.3 is 0 Å². The second-order valence-electron chi connectivity index (χ2n) is 3.63. The summed E-state index contributed by atoms with van der Waals surface area (Å²) in [6.45, 7) is 13.8. The van der Waals surface area contributed by atoms with E-state index in [2.05, 4.69) is 27.0 Å². The van der Waals surface area contributed by atoms with E-state index in [1.165, 1.54) is 0 Å². The third-order valence-electron chi connectivity index (χ3n) is 2.56. The molecule has 1 nitrogen and oxygen atoms in total. The Hall–Kier alpha value is -0.980. The largest absolute Gasteiger partial charge is 0.402 e. The lowest BCUT2D eigenvalue weighted by atomic mass is 9.85. The summed E-state index contributed by atoms with van der Waals surface area (Å²) in [7, 11) is 0. The zero-order valence-electron chi connectivity index (χ0n) is 9.01. The van der Waals surface area contributed by atoms with Gasteiger partial charge in [0.25, 0.3) is 0 Å². The Bertz CT molecular complexity index is 209. The lowest BCUT2D eigenvalue weighted by molar-refractivity contribution is 0.449. The lowest BCUT2D eigenvalue weighted by Crippen LogP contribution is -2.12. The number of nitrogens with two attached hydrogens (primary N) is 1. The molecule has 0 bridgehead atoms. The Morgan fingerprint density at radius 1 is 1.38 bits per heavy atom. The third-order valence-corrected chi connectivity index (χ3v) is 2.56. The summed E-state index contributed by atoms with van der Waals surface area (Å²) in [5, 5.41) is 0. The van der Waals surface area contributed by atoms with Gasteiger partial charge in [0.2, 0.25) is 0 Å². The minimum atomic E-state index is 0.459. The van der Waals surface area contributed by atoms with Gasteiger partial charge in [0.1, 0.15) is 0 Å². The summed E-state index contributed by atoms with van der Waals surface area (Å²) in [5.41, 5.74) is 7.80. The molecule has 1 heteroatoms. The lowest BCUT2D eigenvalue weighted by Gasteiger charge is -2.20. The van der Waals surface area contributed by atoms with Crippen LogP contribution in [0.4, 0.5) is 0 Å². The van der Waals surface area contributed by atoms with Crippen LogP contribution in [0.1, 0.15) is 27.2 Å². The van der Waals surface area contributed by atoms with Crippen LogP contribution >= 0.6 is 0 Å². The minimum absolute atomic E-state index is 0.459. The molecule has 2 unspecified atom stereocenters. The molecule has 0 aromatic rings. The Labute approximate surface area is 82.0 Å². The van der Waals surface area contributed by atoms with Gasteiger partial charge in [-0.05, 0) is 30.8 Å². The Morgan fingerprint density at radius 2 is 1.92 bits per heavy atom. The molecule has 2 N–H and O–H groups in total. The summed E-state index contributed by atoms with van der Waals surface area (Å²) in [6.07, 6.45) is 4.83. The SMILES string of the molecule is C=CCC(C)C(C)/C(C=C)=C(\C)N. The molecule has 0 saturated carbocycles. The van der Waals surface area contributed by atoms with Gasteiger partial charge in [0, 0.05) is 5.70 Å². The van der Waals surface area contributed by atoms with Crippen molar-refractivity contribution in [1.29, 1.82) is 0 Å². The van der Waals surface area contributed by atoms with E-state index in [4.69, 9.17) is 5.73 Å². The van der Waals surface area contributed by atoms with Crippen LogP contribution in [0.2, 0.25) is 0 Å². The zero-order chi connectivity index (χ0) is 10.4. The normalized spacial score (nSPS) is 17.2. The van der Waals surface area contributed by atoms with Gasteiger partial charge in [-0.3, -0.25) is 0 Å². The summed E-state index contributed by atoms with van der Waals surface area (Å²) in [6, 6.07) is 0. The van der Waals surface area contributed by atoms with Gasteiger partial charge in [0.15, 0.2) is 0 Å². The molecule has 0 rings (SSSR count). The zero-order valence-corrected chi connectivity index (χ0v) is 9.01. The van der Waals surface area contributed by atoms with Crippen molar-refractivity contribution in [2.75, 3.05) is 0 Å². The van der Waals surface area contributed by atoms with Crippen LogP contribution in [0.15, 0.2) is 36.6 Å². The Balaban J connectivity index is 4.55. The van der Waals surface area contributed by atoms with E-state index in [1.807, 2.05) is 19.1 Å². The highest BCUT2D eigenvalue weighted by molar-refractivity contribution is 5.23. The first-order valence-electron chi connectivity index (χ1n) is 4.74. The van der Waals surface area contributed by atoms with Crippen LogP contribution in [-0.4, -0.2) is 0 Å². The highest BCUT2D eigenvalue weighted by Gasteiger charge is 2.14. The maximum atomic E-state index is 5.76. The van der Waals surface area contributed by atoms with E-state index >= 15 is 0 Å². The van der Waals surface area contributed by atoms with Crippen molar-refractivity contribution in [3.05, 3.63) is 36.6 Å². The van der Waals surface area contributed by atoms with E-state index < -0.39 is 0 Å². The van der Waals surface area contributed by atoms with Gasteiger partial charge in [0.05, 0.1) is 0 Å². The number of hydrogen-bond acceptors (Lipinski definition) is 1. The van der Waals surface area contributed by atoms with Gasteiger partial charge in [-0.2, -0.15) is 0 Å². The van der Waals surface area contributed by atoms with Crippen molar-refractivity contribution in [3.8, 4) is 0 Å². The summed E-state index contributed by atoms with van der Waals surface area (Å²) in [5.74, 6) is 1.03. The van der Waals surface area contributed by atoms with Crippen molar-refractivity contribution in [2.24, 2.45) is 17.6 Å². The van der Waals surface area contributed by atoms with Crippen molar-refractivity contribution in [3.63, 3.8) is 0 Å². The third kappa shape index (κ3) is 3.49. The van der Waals surface area contributed by atoms with Crippen LogP contribution in [0.5, 0.6) is 0 Å². The fourth-order valence-corrected chi connectivity index (χ4v) is 1.48. The number of rotatable bonds is 5. The maximum absolute atomic E-state index is 5.76. The average Bonchev–Trinajstić information content (AvgIpc) is 2.05. The van der Waals surface area contributed by atoms with E-state index in [0.29, 0.717) is 11.8 Å². The molecule has 0 amide bonds. The summed E-state index contributed by atoms with van der Waals surface area (Å²) >= 11 is 0. The molecule has 0 aliphatic carbocycles. The second-order valence-corrected chi connectivity index (χ2v) is 3.63. The molecule has 0 fully saturated rings. The molecule has 0 saturated heterocycles. The van der Waals surface area contributed by atoms with Crippen molar-refractivity contribution < 1.29 is 0 Å². The molecular weight excluding hydrogens is 158 g/mol. The Kier molecular flexibility index (Phi) is 5.20. The highest BCUT2D eigenvalue weighted by Crippen LogP contribution is 2.24. The first-order valence-corrected chi connectivity index (χ1v) is 4.74. The van der Waals surface area contributed by atoms with Crippen LogP contribution in [0, 0.1) is 11.8 Å². The quantitative estimate of drug-likeness (QED) is 0.509. The predicted molar refractivity (Wildman–Crippen MR) is 60.2 cm³/mol. The molecule has 2 atom stereocenters. The predicted octanol–water partition coefficient (Wildman–Crippen LogP) is 3.25. The van der Waals surface area contributed by atoms with E-state index in [-0.39, 0.29) is 0 Å². The van der Waals surface area contributed by atoms with E-state index in [1.54, 1.807) is 0 Å². The van der Waals surface area contributed by atoms with Crippen LogP contribution in [0.25, 0.3) is 0 Å². The van der Waals surface area contributed by atoms with Crippen molar-refractivity contribution in [1.82, 2.24) is 0 Å². The summed E-state index contributed by atoms with van der Waals surface area (Å²) in [4.78, 5) is 0. The molecule has 0 heterocycles. The highest BCUT2D eigenvalue weighted by atomic mass is 14.6. The topological polar surface area (TPSA) is 26.0 Å². The monoisotopic (exact) mass is 179 g/mol. The number of allylic oxidation sites excluding steroid dienone is 4. The molecule has 13 heavy (non-hydrogen) atoms. The number of hydrogen-bond donors (Lipinski definition) is 1. The van der Waals surface area contributed by atoms with E-state index in [0.717, 1.165) is 17.7 Å². The second kappa shape index (κ2) is 5.63. The standard InChI is InChI=1S/C12H21N/c1-6-8-9(3)10(4)12(7-2)11(5)13/h6-7,9-10H,1-2,8,13H2,3-5H3/b12-11+. The summed E-state index contributed by atoms with van der Waals surface area (Å²) < 4.78 is 0. The molecule has 0 aromatic carbocycles. The first kappa shape index (κ1) is 12.0. The van der Waals surface area contributed by atoms with Crippen LogP contribution < -0.4 is 5.73 Å². The van der Waals surface area contributed by atoms with Crippen molar-refractivity contribution in [2.45, 2.75) is 27.2 Å². The molecular formula is C12H21N. The molecule has 0 aromatic heterocycles. The van der Waals surface area contributed by atoms with Crippen molar-refractivity contribution >= 4 is 0 Å².